The van der Waals surface area contributed by atoms with E-state index in [4.69, 9.17) is 0 Å². The number of hydrogen-bond acceptors (Lipinski definition) is 3. The molecule has 2 rings (SSSR count). The fraction of sp³-hybridized carbons (Fsp3) is 0.389. The summed E-state index contributed by atoms with van der Waals surface area (Å²) in [5.41, 5.74) is 3.38. The van der Waals surface area contributed by atoms with E-state index in [9.17, 15) is 4.79 Å². The number of thiophene rings is 1. The number of carbonyl (C=O) groups is 1. The zero-order valence-corrected chi connectivity index (χ0v) is 14.7. The highest BCUT2D eigenvalue weighted by Gasteiger charge is 2.15. The van der Waals surface area contributed by atoms with Crippen molar-refractivity contribution in [3.05, 3.63) is 51.2 Å². The van der Waals surface area contributed by atoms with Crippen molar-refractivity contribution < 1.29 is 4.79 Å². The lowest BCUT2D eigenvalue weighted by molar-refractivity contribution is -0.114. The number of hydrogen-bond donors (Lipinski definition) is 2. The molecule has 0 radical (unpaired) electrons. The predicted octanol–water partition coefficient (Wildman–Crippen LogP) is 4.74. The van der Waals surface area contributed by atoms with Gasteiger partial charge < -0.3 is 10.6 Å². The van der Waals surface area contributed by atoms with E-state index in [2.05, 4.69) is 50.5 Å². The lowest BCUT2D eigenvalue weighted by atomic mass is 10.0. The lowest BCUT2D eigenvalue weighted by Crippen LogP contribution is -2.22. The minimum Gasteiger partial charge on any atom is -0.326 e. The van der Waals surface area contributed by atoms with Crippen molar-refractivity contribution in [3.63, 3.8) is 0 Å². The molecular weight excluding hydrogens is 292 g/mol. The standard InChI is InChI=1S/C18H24N2OS/c1-11-9-18(14(4)22-11)13(3)19-12(2)16-7-6-8-17(10-16)20-15(5)21/h6-10,12-13,19H,1-5H3,(H,20,21). The summed E-state index contributed by atoms with van der Waals surface area (Å²) < 4.78 is 0. The van der Waals surface area contributed by atoms with E-state index >= 15 is 0 Å². The molecule has 0 spiro atoms. The Morgan fingerprint density at radius 2 is 1.86 bits per heavy atom. The summed E-state index contributed by atoms with van der Waals surface area (Å²) in [7, 11) is 0. The van der Waals surface area contributed by atoms with E-state index < -0.39 is 0 Å². The predicted molar refractivity (Wildman–Crippen MR) is 94.5 cm³/mol. The monoisotopic (exact) mass is 316 g/mol. The molecule has 2 unspecified atom stereocenters. The summed E-state index contributed by atoms with van der Waals surface area (Å²) in [6.45, 7) is 10.2. The molecular formula is C18H24N2OS. The number of rotatable bonds is 5. The molecule has 0 aliphatic heterocycles. The fourth-order valence-corrected chi connectivity index (χ4v) is 3.75. The Balaban J connectivity index is 2.10. The van der Waals surface area contributed by atoms with Crippen molar-refractivity contribution >= 4 is 22.9 Å². The summed E-state index contributed by atoms with van der Waals surface area (Å²) in [6, 6.07) is 10.8. The van der Waals surface area contributed by atoms with Gasteiger partial charge in [0.2, 0.25) is 5.91 Å². The summed E-state index contributed by atoms with van der Waals surface area (Å²) in [6.07, 6.45) is 0. The first-order valence-electron chi connectivity index (χ1n) is 7.57. The van der Waals surface area contributed by atoms with Crippen LogP contribution in [0.1, 0.15) is 53.7 Å². The maximum absolute atomic E-state index is 11.2. The van der Waals surface area contributed by atoms with Crippen LogP contribution in [0.3, 0.4) is 0 Å². The molecule has 0 aliphatic carbocycles. The van der Waals surface area contributed by atoms with Crippen molar-refractivity contribution in [2.24, 2.45) is 0 Å². The molecule has 1 aromatic heterocycles. The first kappa shape index (κ1) is 16.7. The van der Waals surface area contributed by atoms with Gasteiger partial charge in [0.25, 0.3) is 0 Å². The van der Waals surface area contributed by atoms with E-state index in [0.717, 1.165) is 5.69 Å². The summed E-state index contributed by atoms with van der Waals surface area (Å²) in [4.78, 5) is 13.9. The molecule has 0 bridgehead atoms. The van der Waals surface area contributed by atoms with Crippen LogP contribution in [-0.4, -0.2) is 5.91 Å². The summed E-state index contributed by atoms with van der Waals surface area (Å²) >= 11 is 1.84. The molecule has 0 saturated heterocycles. The van der Waals surface area contributed by atoms with E-state index in [1.54, 1.807) is 0 Å². The van der Waals surface area contributed by atoms with Crippen molar-refractivity contribution in [1.29, 1.82) is 0 Å². The van der Waals surface area contributed by atoms with Gasteiger partial charge in [-0.05, 0) is 57.0 Å². The van der Waals surface area contributed by atoms with Gasteiger partial charge in [0.1, 0.15) is 0 Å². The van der Waals surface area contributed by atoms with E-state index in [0.29, 0.717) is 6.04 Å². The van der Waals surface area contributed by atoms with E-state index in [1.165, 1.54) is 27.8 Å². The van der Waals surface area contributed by atoms with Gasteiger partial charge >= 0.3 is 0 Å². The molecule has 0 fully saturated rings. The minimum absolute atomic E-state index is 0.0458. The number of benzene rings is 1. The van der Waals surface area contributed by atoms with Crippen LogP contribution in [0.5, 0.6) is 0 Å². The Morgan fingerprint density at radius 1 is 1.14 bits per heavy atom. The van der Waals surface area contributed by atoms with Gasteiger partial charge in [0, 0.05) is 34.4 Å². The number of anilines is 1. The Bertz CT molecular complexity index is 663. The number of amides is 1. The Kier molecular flexibility index (Phi) is 5.37. The second-order valence-corrected chi connectivity index (χ2v) is 7.25. The maximum atomic E-state index is 11.2. The van der Waals surface area contributed by atoms with Gasteiger partial charge in [-0.15, -0.1) is 11.3 Å². The highest BCUT2D eigenvalue weighted by molar-refractivity contribution is 7.12. The average molecular weight is 316 g/mol. The van der Waals surface area contributed by atoms with Crippen LogP contribution in [0.4, 0.5) is 5.69 Å². The fourth-order valence-electron chi connectivity index (χ4n) is 2.73. The third-order valence-corrected chi connectivity index (χ3v) is 4.73. The van der Waals surface area contributed by atoms with Gasteiger partial charge in [-0.3, -0.25) is 4.79 Å². The molecule has 118 valence electrons. The molecule has 1 heterocycles. The smallest absolute Gasteiger partial charge is 0.221 e. The van der Waals surface area contributed by atoms with Crippen LogP contribution < -0.4 is 10.6 Å². The molecule has 1 aromatic carbocycles. The van der Waals surface area contributed by atoms with Gasteiger partial charge in [-0.2, -0.15) is 0 Å². The highest BCUT2D eigenvalue weighted by Crippen LogP contribution is 2.28. The molecule has 4 heteroatoms. The normalized spacial score (nSPS) is 13.7. The van der Waals surface area contributed by atoms with E-state index in [1.807, 2.05) is 29.5 Å². The molecule has 22 heavy (non-hydrogen) atoms. The highest BCUT2D eigenvalue weighted by atomic mass is 32.1. The summed E-state index contributed by atoms with van der Waals surface area (Å²) in [5.74, 6) is -0.0458. The van der Waals surface area contributed by atoms with Crippen LogP contribution in [0.2, 0.25) is 0 Å². The molecule has 2 N–H and O–H groups in total. The molecule has 2 atom stereocenters. The maximum Gasteiger partial charge on any atom is 0.221 e. The third kappa shape index (κ3) is 4.18. The van der Waals surface area contributed by atoms with Crippen LogP contribution in [-0.2, 0) is 4.79 Å². The quantitative estimate of drug-likeness (QED) is 0.837. The zero-order chi connectivity index (χ0) is 16.3. The van der Waals surface area contributed by atoms with Crippen LogP contribution in [0.25, 0.3) is 0 Å². The second-order valence-electron chi connectivity index (χ2n) is 5.79. The van der Waals surface area contributed by atoms with Gasteiger partial charge in [-0.1, -0.05) is 12.1 Å². The number of carbonyl (C=O) groups excluding carboxylic acids is 1. The van der Waals surface area contributed by atoms with E-state index in [-0.39, 0.29) is 11.9 Å². The van der Waals surface area contributed by atoms with Crippen LogP contribution >= 0.6 is 11.3 Å². The molecule has 2 aromatic rings. The zero-order valence-electron chi connectivity index (χ0n) is 13.9. The Labute approximate surface area is 136 Å². The topological polar surface area (TPSA) is 41.1 Å². The molecule has 1 amide bonds. The van der Waals surface area contributed by atoms with Crippen molar-refractivity contribution in [2.75, 3.05) is 5.32 Å². The summed E-state index contributed by atoms with van der Waals surface area (Å²) in [5, 5.41) is 6.47. The number of nitrogens with one attached hydrogen (secondary N) is 2. The molecule has 0 saturated carbocycles. The lowest BCUT2D eigenvalue weighted by Gasteiger charge is -2.21. The first-order valence-corrected chi connectivity index (χ1v) is 8.39. The molecule has 3 nitrogen and oxygen atoms in total. The minimum atomic E-state index is -0.0458. The largest absolute Gasteiger partial charge is 0.326 e. The Hall–Kier alpha value is -1.65. The van der Waals surface area contributed by atoms with Crippen molar-refractivity contribution in [2.45, 2.75) is 46.7 Å². The third-order valence-electron chi connectivity index (χ3n) is 3.75. The average Bonchev–Trinajstić information content (AvgIpc) is 2.77. The second kappa shape index (κ2) is 7.07. The molecule has 0 aliphatic rings. The Morgan fingerprint density at radius 3 is 2.45 bits per heavy atom. The number of aryl methyl sites for hydroxylation is 2. The van der Waals surface area contributed by atoms with Crippen molar-refractivity contribution in [1.82, 2.24) is 5.32 Å². The van der Waals surface area contributed by atoms with Crippen molar-refractivity contribution in [3.8, 4) is 0 Å². The van der Waals surface area contributed by atoms with Crippen LogP contribution in [0.15, 0.2) is 30.3 Å². The van der Waals surface area contributed by atoms with Gasteiger partial charge in [0.15, 0.2) is 0 Å². The first-order chi connectivity index (χ1) is 10.4. The van der Waals surface area contributed by atoms with Crippen LogP contribution in [0, 0.1) is 13.8 Å². The van der Waals surface area contributed by atoms with Gasteiger partial charge in [0.05, 0.1) is 0 Å². The van der Waals surface area contributed by atoms with Gasteiger partial charge in [-0.25, -0.2) is 0 Å². The SMILES string of the molecule is CC(=O)Nc1cccc(C(C)NC(C)c2cc(C)sc2C)c1.